The van der Waals surface area contributed by atoms with Crippen LogP contribution in [0.1, 0.15) is 27.2 Å². The van der Waals surface area contributed by atoms with Gasteiger partial charge in [0.15, 0.2) is 0 Å². The maximum atomic E-state index is 11.6. The molecular weight excluding hydrogens is 228 g/mol. The highest BCUT2D eigenvalue weighted by molar-refractivity contribution is 6.04. The Morgan fingerprint density at radius 1 is 1.17 bits per heavy atom. The number of allylic oxidation sites excluding steroid dienone is 1. The molecule has 0 heterocycles. The van der Waals surface area contributed by atoms with E-state index in [1.54, 1.807) is 19.1 Å². The van der Waals surface area contributed by atoms with Gasteiger partial charge in [-0.05, 0) is 32.9 Å². The van der Waals surface area contributed by atoms with Gasteiger partial charge in [-0.2, -0.15) is 0 Å². The van der Waals surface area contributed by atoms with Gasteiger partial charge in [0.1, 0.15) is 17.3 Å². The summed E-state index contributed by atoms with van der Waals surface area (Å²) in [6.07, 6.45) is 0.201. The van der Waals surface area contributed by atoms with Gasteiger partial charge < -0.3 is 4.74 Å². The summed E-state index contributed by atoms with van der Waals surface area (Å²) in [7, 11) is 0. The Labute approximate surface area is 107 Å². The lowest BCUT2D eigenvalue weighted by Crippen LogP contribution is -2.34. The van der Waals surface area contributed by atoms with Crippen molar-refractivity contribution in [3.05, 3.63) is 42.7 Å². The molecule has 0 radical (unpaired) electrons. The number of Topliss-reactive ketones (excluding diaryl/α,β-unsaturated/α-hetero) is 2. The summed E-state index contributed by atoms with van der Waals surface area (Å²) in [5.74, 6) is 0.715. The second kappa shape index (κ2) is 5.63. The van der Waals surface area contributed by atoms with Crippen molar-refractivity contribution in [1.29, 1.82) is 0 Å². The first-order valence-corrected chi connectivity index (χ1v) is 5.79. The van der Waals surface area contributed by atoms with Crippen molar-refractivity contribution in [2.24, 2.45) is 5.41 Å². The number of ether oxygens (including phenoxy) is 1. The molecule has 96 valence electrons. The Balaban J connectivity index is 2.75. The fourth-order valence-electron chi connectivity index (χ4n) is 1.58. The lowest BCUT2D eigenvalue weighted by Gasteiger charge is -2.24. The molecule has 1 aromatic carbocycles. The summed E-state index contributed by atoms with van der Waals surface area (Å²) < 4.78 is 5.51. The number of carbonyl (C=O) groups is 2. The second-order valence-electron chi connectivity index (χ2n) is 4.58. The predicted octanol–water partition coefficient (Wildman–Crippen LogP) is 3.15. The molecule has 0 unspecified atom stereocenters. The standard InChI is InChI=1S/C15H18O3/c1-11(18-14-8-6-5-7-9-14)10-15(4,12(2)16)13(3)17/h5-9H,1,10H2,2-4H3. The van der Waals surface area contributed by atoms with Gasteiger partial charge in [0.05, 0.1) is 11.2 Å². The molecular formula is C15H18O3. The Morgan fingerprint density at radius 2 is 1.67 bits per heavy atom. The third-order valence-electron chi connectivity index (χ3n) is 3.11. The topological polar surface area (TPSA) is 43.4 Å². The molecule has 1 aromatic rings. The number of hydrogen-bond donors (Lipinski definition) is 0. The molecule has 0 N–H and O–H groups in total. The van der Waals surface area contributed by atoms with E-state index in [4.69, 9.17) is 4.74 Å². The highest BCUT2D eigenvalue weighted by Gasteiger charge is 2.36. The zero-order valence-corrected chi connectivity index (χ0v) is 11.0. The van der Waals surface area contributed by atoms with E-state index in [0.717, 1.165) is 0 Å². The molecule has 18 heavy (non-hydrogen) atoms. The van der Waals surface area contributed by atoms with E-state index in [2.05, 4.69) is 6.58 Å². The molecule has 0 aromatic heterocycles. The zero-order chi connectivity index (χ0) is 13.8. The highest BCUT2D eigenvalue weighted by Crippen LogP contribution is 2.29. The summed E-state index contributed by atoms with van der Waals surface area (Å²) in [5, 5.41) is 0. The van der Waals surface area contributed by atoms with Gasteiger partial charge in [-0.1, -0.05) is 24.8 Å². The minimum atomic E-state index is -1.05. The number of carbonyl (C=O) groups excluding carboxylic acids is 2. The smallest absolute Gasteiger partial charge is 0.143 e. The average Bonchev–Trinajstić information content (AvgIpc) is 2.29. The quantitative estimate of drug-likeness (QED) is 0.572. The summed E-state index contributed by atoms with van der Waals surface area (Å²) in [4.78, 5) is 23.2. The molecule has 3 nitrogen and oxygen atoms in total. The predicted molar refractivity (Wildman–Crippen MR) is 70.3 cm³/mol. The van der Waals surface area contributed by atoms with Crippen molar-refractivity contribution in [3.63, 3.8) is 0 Å². The second-order valence-corrected chi connectivity index (χ2v) is 4.58. The molecule has 0 aliphatic rings. The molecule has 0 fully saturated rings. The van der Waals surface area contributed by atoms with Crippen molar-refractivity contribution in [2.45, 2.75) is 27.2 Å². The van der Waals surface area contributed by atoms with Crippen LogP contribution < -0.4 is 4.74 Å². The van der Waals surface area contributed by atoms with E-state index < -0.39 is 5.41 Å². The molecule has 0 atom stereocenters. The van der Waals surface area contributed by atoms with Crippen LogP contribution in [0, 0.1) is 5.41 Å². The third kappa shape index (κ3) is 3.29. The minimum Gasteiger partial charge on any atom is -0.462 e. The summed E-state index contributed by atoms with van der Waals surface area (Å²) in [6.45, 7) is 8.22. The van der Waals surface area contributed by atoms with Crippen molar-refractivity contribution in [2.75, 3.05) is 0 Å². The van der Waals surface area contributed by atoms with E-state index in [1.807, 2.05) is 18.2 Å². The van der Waals surface area contributed by atoms with Crippen LogP contribution in [0.2, 0.25) is 0 Å². The fourth-order valence-corrected chi connectivity index (χ4v) is 1.58. The summed E-state index contributed by atoms with van der Waals surface area (Å²) >= 11 is 0. The number of benzene rings is 1. The van der Waals surface area contributed by atoms with Crippen molar-refractivity contribution in [3.8, 4) is 5.75 Å². The average molecular weight is 246 g/mol. The SMILES string of the molecule is C=C(CC(C)(C(C)=O)C(C)=O)Oc1ccccc1. The Bertz CT molecular complexity index is 446. The van der Waals surface area contributed by atoms with Gasteiger partial charge in [0.25, 0.3) is 0 Å². The van der Waals surface area contributed by atoms with Crippen LogP contribution in [0.4, 0.5) is 0 Å². The summed E-state index contributed by atoms with van der Waals surface area (Å²) in [5.41, 5.74) is -1.05. The molecule has 0 saturated heterocycles. The summed E-state index contributed by atoms with van der Waals surface area (Å²) in [6, 6.07) is 9.16. The van der Waals surface area contributed by atoms with Gasteiger partial charge >= 0.3 is 0 Å². The number of ketones is 2. The third-order valence-corrected chi connectivity index (χ3v) is 3.11. The first-order valence-electron chi connectivity index (χ1n) is 5.79. The van der Waals surface area contributed by atoms with E-state index in [9.17, 15) is 9.59 Å². The lowest BCUT2D eigenvalue weighted by molar-refractivity contribution is -0.137. The molecule has 0 aliphatic heterocycles. The van der Waals surface area contributed by atoms with E-state index in [1.165, 1.54) is 13.8 Å². The van der Waals surface area contributed by atoms with Crippen LogP contribution in [0.5, 0.6) is 5.75 Å². The molecule has 3 heteroatoms. The van der Waals surface area contributed by atoms with Crippen molar-refractivity contribution < 1.29 is 14.3 Å². The normalized spacial score (nSPS) is 10.8. The Kier molecular flexibility index (Phi) is 4.43. The maximum absolute atomic E-state index is 11.6. The first-order chi connectivity index (χ1) is 8.36. The van der Waals surface area contributed by atoms with Gasteiger partial charge in [-0.25, -0.2) is 0 Å². The molecule has 0 amide bonds. The van der Waals surface area contributed by atoms with Crippen LogP contribution >= 0.6 is 0 Å². The molecule has 0 saturated carbocycles. The Morgan fingerprint density at radius 3 is 2.11 bits per heavy atom. The minimum absolute atomic E-state index is 0.173. The first kappa shape index (κ1) is 14.2. The van der Waals surface area contributed by atoms with Gasteiger partial charge in [0, 0.05) is 6.42 Å². The fraction of sp³-hybridized carbons (Fsp3) is 0.333. The number of hydrogen-bond acceptors (Lipinski definition) is 3. The van der Waals surface area contributed by atoms with Crippen molar-refractivity contribution >= 4 is 11.6 Å². The number of para-hydroxylation sites is 1. The van der Waals surface area contributed by atoms with Gasteiger partial charge in [-0.15, -0.1) is 0 Å². The van der Waals surface area contributed by atoms with Crippen LogP contribution in [0.25, 0.3) is 0 Å². The van der Waals surface area contributed by atoms with Crippen LogP contribution in [-0.2, 0) is 9.59 Å². The monoisotopic (exact) mass is 246 g/mol. The Hall–Kier alpha value is -1.90. The lowest BCUT2D eigenvalue weighted by atomic mass is 9.79. The van der Waals surface area contributed by atoms with Crippen LogP contribution in [-0.4, -0.2) is 11.6 Å². The molecule has 0 aliphatic carbocycles. The zero-order valence-electron chi connectivity index (χ0n) is 11.0. The highest BCUT2D eigenvalue weighted by atomic mass is 16.5. The molecule has 0 spiro atoms. The molecule has 1 rings (SSSR count). The van der Waals surface area contributed by atoms with Crippen LogP contribution in [0.3, 0.4) is 0 Å². The van der Waals surface area contributed by atoms with E-state index >= 15 is 0 Å². The van der Waals surface area contributed by atoms with E-state index in [0.29, 0.717) is 11.5 Å². The van der Waals surface area contributed by atoms with E-state index in [-0.39, 0.29) is 18.0 Å². The van der Waals surface area contributed by atoms with Gasteiger partial charge in [0.2, 0.25) is 0 Å². The number of rotatable bonds is 6. The largest absolute Gasteiger partial charge is 0.462 e. The van der Waals surface area contributed by atoms with Gasteiger partial charge in [-0.3, -0.25) is 9.59 Å². The molecule has 0 bridgehead atoms. The van der Waals surface area contributed by atoms with Crippen LogP contribution in [0.15, 0.2) is 42.7 Å². The van der Waals surface area contributed by atoms with Crippen molar-refractivity contribution in [1.82, 2.24) is 0 Å². The maximum Gasteiger partial charge on any atom is 0.143 e.